The van der Waals surface area contributed by atoms with Crippen molar-refractivity contribution in [2.75, 3.05) is 0 Å². The second kappa shape index (κ2) is 5.19. The summed E-state index contributed by atoms with van der Waals surface area (Å²) in [7, 11) is 0. The van der Waals surface area contributed by atoms with E-state index in [9.17, 15) is 9.50 Å². The Morgan fingerprint density at radius 1 is 1.38 bits per heavy atom. The smallest absolute Gasteiger partial charge is 0.137 e. The minimum atomic E-state index is -0.597. The van der Waals surface area contributed by atoms with Crippen molar-refractivity contribution in [2.45, 2.75) is 48.9 Å². The summed E-state index contributed by atoms with van der Waals surface area (Å²) < 4.78 is 13.7. The number of rotatable bonds is 3. The Bertz CT molecular complexity index is 359. The van der Waals surface area contributed by atoms with Crippen LogP contribution in [0.1, 0.15) is 44.3 Å². The molecule has 0 bridgehead atoms. The number of benzene rings is 1. The van der Waals surface area contributed by atoms with Gasteiger partial charge >= 0.3 is 0 Å². The lowest BCUT2D eigenvalue weighted by Crippen LogP contribution is -1.97. The largest absolute Gasteiger partial charge is 0.389 e. The Morgan fingerprint density at radius 2 is 2.06 bits per heavy atom. The average molecular weight is 240 g/mol. The van der Waals surface area contributed by atoms with Gasteiger partial charge in [-0.25, -0.2) is 4.39 Å². The molecule has 1 N–H and O–H groups in total. The molecule has 1 aliphatic carbocycles. The van der Waals surface area contributed by atoms with Crippen molar-refractivity contribution in [3.05, 3.63) is 29.6 Å². The predicted molar refractivity (Wildman–Crippen MR) is 65.1 cm³/mol. The maximum Gasteiger partial charge on any atom is 0.137 e. The van der Waals surface area contributed by atoms with Crippen LogP contribution in [0.3, 0.4) is 0 Å². The van der Waals surface area contributed by atoms with Gasteiger partial charge in [-0.15, -0.1) is 11.8 Å². The normalized spacial score (nSPS) is 18.9. The zero-order valence-corrected chi connectivity index (χ0v) is 10.3. The highest BCUT2D eigenvalue weighted by atomic mass is 32.2. The number of halogens is 1. The molecule has 1 fully saturated rings. The fourth-order valence-electron chi connectivity index (χ4n) is 2.06. The van der Waals surface area contributed by atoms with Gasteiger partial charge < -0.3 is 5.11 Å². The van der Waals surface area contributed by atoms with E-state index >= 15 is 0 Å². The van der Waals surface area contributed by atoms with Crippen LogP contribution in [0.5, 0.6) is 0 Å². The number of aliphatic hydroxyl groups excluding tert-OH is 1. The molecule has 0 aromatic heterocycles. The van der Waals surface area contributed by atoms with Gasteiger partial charge in [-0.3, -0.25) is 0 Å². The number of hydrogen-bond acceptors (Lipinski definition) is 2. The van der Waals surface area contributed by atoms with E-state index in [1.54, 1.807) is 24.8 Å². The maximum atomic E-state index is 13.7. The molecule has 3 heteroatoms. The summed E-state index contributed by atoms with van der Waals surface area (Å²) in [4.78, 5) is 0.719. The van der Waals surface area contributed by atoms with Gasteiger partial charge in [-0.05, 0) is 37.5 Å². The number of hydrogen-bond donors (Lipinski definition) is 1. The molecule has 1 aromatic rings. The van der Waals surface area contributed by atoms with Crippen LogP contribution < -0.4 is 0 Å². The summed E-state index contributed by atoms with van der Waals surface area (Å²) in [6, 6.07) is 5.05. The van der Waals surface area contributed by atoms with Crippen LogP contribution in [-0.4, -0.2) is 10.4 Å². The maximum absolute atomic E-state index is 13.7. The van der Waals surface area contributed by atoms with Crippen molar-refractivity contribution in [1.29, 1.82) is 0 Å². The summed E-state index contributed by atoms with van der Waals surface area (Å²) in [6.45, 7) is 1.65. The lowest BCUT2D eigenvalue weighted by atomic mass is 10.1. The van der Waals surface area contributed by atoms with Crippen molar-refractivity contribution in [3.8, 4) is 0 Å². The molecule has 0 saturated heterocycles. The zero-order chi connectivity index (χ0) is 11.5. The van der Waals surface area contributed by atoms with Crippen LogP contribution in [0.15, 0.2) is 23.1 Å². The molecule has 1 atom stereocenters. The summed E-state index contributed by atoms with van der Waals surface area (Å²) in [6.07, 6.45) is 4.33. The van der Waals surface area contributed by atoms with Crippen LogP contribution in [0.25, 0.3) is 0 Å². The minimum absolute atomic E-state index is 0.199. The SMILES string of the molecule is C[C@H](O)c1ccc(SC2CCCC2)c(F)c1. The molecule has 1 saturated carbocycles. The Morgan fingerprint density at radius 3 is 2.62 bits per heavy atom. The van der Waals surface area contributed by atoms with Gasteiger partial charge in [0.25, 0.3) is 0 Å². The van der Waals surface area contributed by atoms with Gasteiger partial charge in [-0.1, -0.05) is 18.9 Å². The van der Waals surface area contributed by atoms with Gasteiger partial charge in [0, 0.05) is 10.1 Å². The molecule has 2 rings (SSSR count). The van der Waals surface area contributed by atoms with E-state index in [-0.39, 0.29) is 5.82 Å². The molecule has 16 heavy (non-hydrogen) atoms. The van der Waals surface area contributed by atoms with E-state index in [2.05, 4.69) is 0 Å². The lowest BCUT2D eigenvalue weighted by molar-refractivity contribution is 0.198. The second-order valence-corrected chi connectivity index (χ2v) is 5.73. The third kappa shape index (κ3) is 2.77. The Balaban J connectivity index is 2.09. The van der Waals surface area contributed by atoms with Crippen molar-refractivity contribution < 1.29 is 9.50 Å². The molecular formula is C13H17FOS. The van der Waals surface area contributed by atoms with Gasteiger partial charge in [0.15, 0.2) is 0 Å². The van der Waals surface area contributed by atoms with E-state index in [4.69, 9.17) is 0 Å². The second-order valence-electron chi connectivity index (χ2n) is 4.39. The first kappa shape index (κ1) is 11.9. The molecule has 0 heterocycles. The highest BCUT2D eigenvalue weighted by Crippen LogP contribution is 2.36. The van der Waals surface area contributed by atoms with Gasteiger partial charge in [0.05, 0.1) is 6.10 Å². The van der Waals surface area contributed by atoms with Crippen LogP contribution in [0.2, 0.25) is 0 Å². The van der Waals surface area contributed by atoms with Crippen LogP contribution in [0.4, 0.5) is 4.39 Å². The highest BCUT2D eigenvalue weighted by molar-refractivity contribution is 8.00. The van der Waals surface area contributed by atoms with Crippen molar-refractivity contribution in [1.82, 2.24) is 0 Å². The number of aliphatic hydroxyl groups is 1. The van der Waals surface area contributed by atoms with Crippen LogP contribution in [-0.2, 0) is 0 Å². The average Bonchev–Trinajstić information content (AvgIpc) is 2.73. The quantitative estimate of drug-likeness (QED) is 0.864. The first-order valence-electron chi connectivity index (χ1n) is 5.81. The molecule has 0 amide bonds. The first-order valence-corrected chi connectivity index (χ1v) is 6.69. The molecule has 0 unspecified atom stereocenters. The molecular weight excluding hydrogens is 223 g/mol. The highest BCUT2D eigenvalue weighted by Gasteiger charge is 2.18. The van der Waals surface area contributed by atoms with Gasteiger partial charge in [0.2, 0.25) is 0 Å². The van der Waals surface area contributed by atoms with E-state index in [1.807, 2.05) is 6.07 Å². The zero-order valence-electron chi connectivity index (χ0n) is 9.45. The summed E-state index contributed by atoms with van der Waals surface area (Å²) >= 11 is 1.64. The Hall–Kier alpha value is -0.540. The van der Waals surface area contributed by atoms with E-state index < -0.39 is 6.10 Å². The van der Waals surface area contributed by atoms with Crippen molar-refractivity contribution in [3.63, 3.8) is 0 Å². The molecule has 1 aromatic carbocycles. The third-order valence-corrected chi connectivity index (χ3v) is 4.42. The third-order valence-electron chi connectivity index (χ3n) is 3.03. The standard InChI is InChI=1S/C13H17FOS/c1-9(15)10-6-7-13(12(14)8-10)16-11-4-2-3-5-11/h6-9,11,15H,2-5H2,1H3/t9-/m0/s1. The van der Waals surface area contributed by atoms with Gasteiger partial charge in [0.1, 0.15) is 5.82 Å². The Kier molecular flexibility index (Phi) is 3.87. The van der Waals surface area contributed by atoms with Gasteiger partial charge in [-0.2, -0.15) is 0 Å². The van der Waals surface area contributed by atoms with Crippen LogP contribution >= 0.6 is 11.8 Å². The fourth-order valence-corrected chi connectivity index (χ4v) is 3.30. The molecule has 0 radical (unpaired) electrons. The molecule has 0 spiro atoms. The summed E-state index contributed by atoms with van der Waals surface area (Å²) in [5, 5.41) is 9.93. The minimum Gasteiger partial charge on any atom is -0.389 e. The number of thioether (sulfide) groups is 1. The summed E-state index contributed by atoms with van der Waals surface area (Å²) in [5.41, 5.74) is 0.647. The van der Waals surface area contributed by atoms with E-state index in [0.717, 1.165) is 4.90 Å². The molecule has 0 aliphatic heterocycles. The fraction of sp³-hybridized carbons (Fsp3) is 0.538. The first-order chi connectivity index (χ1) is 7.66. The van der Waals surface area contributed by atoms with Crippen LogP contribution in [0, 0.1) is 5.82 Å². The Labute approximate surface area is 100 Å². The van der Waals surface area contributed by atoms with Crippen molar-refractivity contribution >= 4 is 11.8 Å². The molecule has 1 nitrogen and oxygen atoms in total. The topological polar surface area (TPSA) is 20.2 Å². The molecule has 88 valence electrons. The predicted octanol–water partition coefficient (Wildman–Crippen LogP) is 3.91. The van der Waals surface area contributed by atoms with E-state index in [1.165, 1.54) is 31.7 Å². The summed E-state index contributed by atoms with van der Waals surface area (Å²) in [5.74, 6) is -0.199. The lowest BCUT2D eigenvalue weighted by Gasteiger charge is -2.11. The van der Waals surface area contributed by atoms with E-state index in [0.29, 0.717) is 10.8 Å². The van der Waals surface area contributed by atoms with Crippen molar-refractivity contribution in [2.24, 2.45) is 0 Å². The monoisotopic (exact) mass is 240 g/mol. The molecule has 1 aliphatic rings.